The maximum atomic E-state index is 5.59. The third-order valence-corrected chi connectivity index (χ3v) is 2.24. The van der Waals surface area contributed by atoms with E-state index in [9.17, 15) is 0 Å². The quantitative estimate of drug-likeness (QED) is 0.676. The van der Waals surface area contributed by atoms with Crippen LogP contribution < -0.4 is 0 Å². The zero-order chi connectivity index (χ0) is 8.10. The topological polar surface area (TPSA) is 17.8 Å². The Kier molecular flexibility index (Phi) is 3.80. The summed E-state index contributed by atoms with van der Waals surface area (Å²) in [5.74, 6) is 1.63. The van der Waals surface area contributed by atoms with Gasteiger partial charge in [-0.15, -0.1) is 11.6 Å². The molecule has 0 aliphatic heterocycles. The van der Waals surface area contributed by atoms with Crippen LogP contribution in [0, 0.1) is 0 Å². The summed E-state index contributed by atoms with van der Waals surface area (Å²) in [6.07, 6.45) is 5.91. The molecule has 11 heavy (non-hydrogen) atoms. The lowest BCUT2D eigenvalue weighted by atomic mass is 10.5. The molecule has 1 heterocycles. The molecule has 0 radical (unpaired) electrons. The minimum atomic E-state index is 0.506. The van der Waals surface area contributed by atoms with E-state index in [0.29, 0.717) is 5.88 Å². The molecule has 1 rings (SSSR count). The molecule has 0 aliphatic rings. The zero-order valence-electron chi connectivity index (χ0n) is 6.46. The van der Waals surface area contributed by atoms with Crippen LogP contribution in [0.15, 0.2) is 12.5 Å². The third kappa shape index (κ3) is 2.75. The Bertz CT molecular complexity index is 212. The molecule has 2 nitrogen and oxygen atoms in total. The second-order valence-electron chi connectivity index (χ2n) is 2.23. The van der Waals surface area contributed by atoms with Gasteiger partial charge < -0.3 is 4.57 Å². The first-order valence-corrected chi connectivity index (χ1v) is 5.35. The van der Waals surface area contributed by atoms with Gasteiger partial charge in [0.15, 0.2) is 0 Å². The van der Waals surface area contributed by atoms with Gasteiger partial charge in [0.05, 0.1) is 17.9 Å². The van der Waals surface area contributed by atoms with Crippen LogP contribution in [-0.4, -0.2) is 21.6 Å². The highest BCUT2D eigenvalue weighted by Crippen LogP contribution is 2.01. The molecule has 0 saturated heterocycles. The predicted octanol–water partition coefficient (Wildman–Crippen LogP) is 1.98. The highest BCUT2D eigenvalue weighted by Gasteiger charge is 1.94. The van der Waals surface area contributed by atoms with E-state index in [-0.39, 0.29) is 0 Å². The van der Waals surface area contributed by atoms with Gasteiger partial charge in [0.25, 0.3) is 0 Å². The number of imidazole rings is 1. The van der Waals surface area contributed by atoms with Crippen molar-refractivity contribution in [2.24, 2.45) is 0 Å². The molecule has 0 aliphatic carbocycles. The average molecular weight is 191 g/mol. The fourth-order valence-electron chi connectivity index (χ4n) is 0.794. The number of alkyl halides is 1. The van der Waals surface area contributed by atoms with Crippen LogP contribution in [0.25, 0.3) is 0 Å². The van der Waals surface area contributed by atoms with Gasteiger partial charge in [0.2, 0.25) is 0 Å². The van der Waals surface area contributed by atoms with Gasteiger partial charge in [-0.25, -0.2) is 4.98 Å². The zero-order valence-corrected chi connectivity index (χ0v) is 8.03. The number of hydrogen-bond donors (Lipinski definition) is 0. The lowest BCUT2D eigenvalue weighted by molar-refractivity contribution is 0.770. The summed E-state index contributed by atoms with van der Waals surface area (Å²) < 4.78 is 2.06. The van der Waals surface area contributed by atoms with E-state index in [0.717, 1.165) is 18.0 Å². The van der Waals surface area contributed by atoms with Gasteiger partial charge in [-0.2, -0.15) is 11.8 Å². The van der Waals surface area contributed by atoms with Crippen molar-refractivity contribution in [3.8, 4) is 0 Å². The van der Waals surface area contributed by atoms with Crippen LogP contribution in [0.3, 0.4) is 0 Å². The summed E-state index contributed by atoms with van der Waals surface area (Å²) in [5, 5.41) is 0. The summed E-state index contributed by atoms with van der Waals surface area (Å²) in [4.78, 5) is 4.11. The molecule has 1 aromatic rings. The molecular weight excluding hydrogens is 180 g/mol. The largest absolute Gasteiger partial charge is 0.336 e. The molecule has 62 valence electrons. The average Bonchev–Trinajstić information content (AvgIpc) is 2.48. The first-order valence-electron chi connectivity index (χ1n) is 3.42. The van der Waals surface area contributed by atoms with Crippen molar-refractivity contribution in [3.63, 3.8) is 0 Å². The first-order chi connectivity index (χ1) is 5.36. The van der Waals surface area contributed by atoms with E-state index < -0.39 is 0 Å². The standard InChI is InChI=1S/C7H11ClN2S/c1-11-3-2-10-5-7(4-8)9-6-10/h5-6H,2-4H2,1H3. The molecule has 0 N–H and O–H groups in total. The Morgan fingerprint density at radius 1 is 1.73 bits per heavy atom. The Morgan fingerprint density at radius 2 is 2.55 bits per heavy atom. The molecule has 0 bridgehead atoms. The SMILES string of the molecule is CSCCn1cnc(CCl)c1. The van der Waals surface area contributed by atoms with Crippen molar-refractivity contribution in [1.82, 2.24) is 9.55 Å². The Balaban J connectivity index is 2.44. The van der Waals surface area contributed by atoms with Crippen molar-refractivity contribution in [2.45, 2.75) is 12.4 Å². The molecule has 0 saturated carbocycles. The fourth-order valence-corrected chi connectivity index (χ4v) is 1.33. The van der Waals surface area contributed by atoms with Crippen LogP contribution in [0.2, 0.25) is 0 Å². The van der Waals surface area contributed by atoms with Crippen LogP contribution in [0.5, 0.6) is 0 Å². The number of thioether (sulfide) groups is 1. The number of halogens is 1. The van der Waals surface area contributed by atoms with E-state index in [1.807, 2.05) is 24.3 Å². The van der Waals surface area contributed by atoms with Gasteiger partial charge in [-0.05, 0) is 6.26 Å². The molecule has 4 heteroatoms. The number of hydrogen-bond acceptors (Lipinski definition) is 2. The van der Waals surface area contributed by atoms with Gasteiger partial charge in [0, 0.05) is 18.5 Å². The van der Waals surface area contributed by atoms with Crippen molar-refractivity contribution in [2.75, 3.05) is 12.0 Å². The van der Waals surface area contributed by atoms with Gasteiger partial charge >= 0.3 is 0 Å². The fraction of sp³-hybridized carbons (Fsp3) is 0.571. The monoisotopic (exact) mass is 190 g/mol. The summed E-state index contributed by atoms with van der Waals surface area (Å²) in [6, 6.07) is 0. The van der Waals surface area contributed by atoms with Crippen molar-refractivity contribution < 1.29 is 0 Å². The molecule has 0 fully saturated rings. The Labute approximate surface area is 76.0 Å². The highest BCUT2D eigenvalue weighted by atomic mass is 35.5. The van der Waals surface area contributed by atoms with Gasteiger partial charge in [-0.1, -0.05) is 0 Å². The summed E-state index contributed by atoms with van der Waals surface area (Å²) in [6.45, 7) is 1.02. The number of rotatable bonds is 4. The number of aryl methyl sites for hydroxylation is 1. The van der Waals surface area contributed by atoms with Gasteiger partial charge in [-0.3, -0.25) is 0 Å². The predicted molar refractivity (Wildman–Crippen MR) is 50.2 cm³/mol. The first kappa shape index (κ1) is 8.94. The molecule has 0 aromatic carbocycles. The maximum Gasteiger partial charge on any atom is 0.0950 e. The Morgan fingerprint density at radius 3 is 3.09 bits per heavy atom. The second-order valence-corrected chi connectivity index (χ2v) is 3.48. The number of aromatic nitrogens is 2. The van der Waals surface area contributed by atoms with E-state index >= 15 is 0 Å². The smallest absolute Gasteiger partial charge is 0.0950 e. The number of nitrogens with zero attached hydrogens (tertiary/aromatic N) is 2. The molecule has 0 atom stereocenters. The molecular formula is C7H11ClN2S. The van der Waals surface area contributed by atoms with Crippen molar-refractivity contribution in [1.29, 1.82) is 0 Å². The Hall–Kier alpha value is -0.150. The highest BCUT2D eigenvalue weighted by molar-refractivity contribution is 7.98. The van der Waals surface area contributed by atoms with E-state index in [2.05, 4.69) is 15.8 Å². The van der Waals surface area contributed by atoms with E-state index in [1.165, 1.54) is 0 Å². The molecule has 1 aromatic heterocycles. The summed E-state index contributed by atoms with van der Waals surface area (Å²) >= 11 is 7.42. The summed E-state index contributed by atoms with van der Waals surface area (Å²) in [5.41, 5.74) is 0.952. The van der Waals surface area contributed by atoms with Crippen molar-refractivity contribution in [3.05, 3.63) is 18.2 Å². The molecule has 0 amide bonds. The lowest BCUT2D eigenvalue weighted by Gasteiger charge is -1.96. The molecule has 0 spiro atoms. The van der Waals surface area contributed by atoms with Gasteiger partial charge in [0.1, 0.15) is 0 Å². The minimum absolute atomic E-state index is 0.506. The maximum absolute atomic E-state index is 5.59. The lowest BCUT2D eigenvalue weighted by Crippen LogP contribution is -1.95. The second kappa shape index (κ2) is 4.67. The van der Waals surface area contributed by atoms with Crippen LogP contribution in [0.1, 0.15) is 5.69 Å². The van der Waals surface area contributed by atoms with Crippen LogP contribution >= 0.6 is 23.4 Å². The van der Waals surface area contributed by atoms with Crippen molar-refractivity contribution >= 4 is 23.4 Å². The summed E-state index contributed by atoms with van der Waals surface area (Å²) in [7, 11) is 0. The normalized spacial score (nSPS) is 10.4. The third-order valence-electron chi connectivity index (χ3n) is 1.38. The minimum Gasteiger partial charge on any atom is -0.336 e. The van der Waals surface area contributed by atoms with Crippen LogP contribution in [0.4, 0.5) is 0 Å². The van der Waals surface area contributed by atoms with E-state index in [4.69, 9.17) is 11.6 Å². The van der Waals surface area contributed by atoms with Crippen LogP contribution in [-0.2, 0) is 12.4 Å². The molecule has 0 unspecified atom stereocenters. The van der Waals surface area contributed by atoms with E-state index in [1.54, 1.807) is 0 Å².